The molecule has 0 amide bonds. The van der Waals surface area contributed by atoms with Crippen molar-refractivity contribution in [3.63, 3.8) is 0 Å². The van der Waals surface area contributed by atoms with Crippen LogP contribution in [-0.2, 0) is 13.6 Å². The van der Waals surface area contributed by atoms with Gasteiger partial charge in [-0.3, -0.25) is 0 Å². The second-order valence-corrected chi connectivity index (χ2v) is 7.19. The lowest BCUT2D eigenvalue weighted by Gasteiger charge is -2.20. The molecule has 1 heterocycles. The highest BCUT2D eigenvalue weighted by Crippen LogP contribution is 2.31. The Balaban J connectivity index is 2.14. The van der Waals surface area contributed by atoms with Crippen molar-refractivity contribution in [2.45, 2.75) is 60.0 Å². The Kier molecular flexibility index (Phi) is 9.44. The molecule has 0 bridgehead atoms. The fraction of sp³-hybridized carbons (Fsp3) is 0.591. The Bertz CT molecular complexity index is 818. The summed E-state index contributed by atoms with van der Waals surface area (Å²) in [6.07, 6.45) is 1.91. The summed E-state index contributed by atoms with van der Waals surface area (Å²) in [4.78, 5) is 4.67. The number of guanidine groups is 1. The molecular formula is C22H36N6O2. The first-order chi connectivity index (χ1) is 14.5. The molecule has 166 valence electrons. The predicted molar refractivity (Wildman–Crippen MR) is 120 cm³/mol. The first-order valence-corrected chi connectivity index (χ1v) is 10.8. The molecule has 8 heteroatoms. The second kappa shape index (κ2) is 12.0. The first kappa shape index (κ1) is 23.5. The van der Waals surface area contributed by atoms with Crippen LogP contribution in [0.1, 0.15) is 63.8 Å². The third kappa shape index (κ3) is 6.64. The van der Waals surface area contributed by atoms with Crippen LogP contribution in [0.3, 0.4) is 0 Å². The Hall–Kier alpha value is -2.77. The Morgan fingerprint density at radius 1 is 1.10 bits per heavy atom. The molecule has 1 aromatic carbocycles. The van der Waals surface area contributed by atoms with Crippen LogP contribution in [-0.4, -0.2) is 40.5 Å². The van der Waals surface area contributed by atoms with Crippen molar-refractivity contribution in [2.24, 2.45) is 12.0 Å². The number of ether oxygens (including phenoxy) is 2. The topological polar surface area (TPSA) is 85.6 Å². The minimum atomic E-state index is 0.0354. The fourth-order valence-corrected chi connectivity index (χ4v) is 2.80. The summed E-state index contributed by atoms with van der Waals surface area (Å²) in [6, 6.07) is 6.14. The van der Waals surface area contributed by atoms with E-state index in [1.165, 1.54) is 0 Å². The van der Waals surface area contributed by atoms with Crippen LogP contribution in [0.2, 0.25) is 0 Å². The molecule has 1 atom stereocenters. The van der Waals surface area contributed by atoms with E-state index >= 15 is 0 Å². The van der Waals surface area contributed by atoms with Crippen LogP contribution >= 0.6 is 0 Å². The zero-order chi connectivity index (χ0) is 21.9. The van der Waals surface area contributed by atoms with Gasteiger partial charge in [0.25, 0.3) is 0 Å². The summed E-state index contributed by atoms with van der Waals surface area (Å²) in [5.41, 5.74) is 1.10. The second-order valence-electron chi connectivity index (χ2n) is 7.19. The lowest BCUT2D eigenvalue weighted by atomic mass is 10.1. The van der Waals surface area contributed by atoms with E-state index in [9.17, 15) is 0 Å². The maximum absolute atomic E-state index is 5.93. The van der Waals surface area contributed by atoms with Gasteiger partial charge < -0.3 is 24.7 Å². The quantitative estimate of drug-likeness (QED) is 0.431. The molecule has 0 aliphatic heterocycles. The van der Waals surface area contributed by atoms with E-state index in [1.54, 1.807) is 0 Å². The smallest absolute Gasteiger partial charge is 0.192 e. The van der Waals surface area contributed by atoms with Crippen LogP contribution in [0.4, 0.5) is 0 Å². The lowest BCUT2D eigenvalue weighted by molar-refractivity contribution is 0.268. The monoisotopic (exact) mass is 416 g/mol. The minimum Gasteiger partial charge on any atom is -0.490 e. The van der Waals surface area contributed by atoms with E-state index in [2.05, 4.69) is 52.7 Å². The van der Waals surface area contributed by atoms with Gasteiger partial charge in [-0.05, 0) is 51.3 Å². The highest BCUT2D eigenvalue weighted by Gasteiger charge is 2.13. The van der Waals surface area contributed by atoms with E-state index in [4.69, 9.17) is 9.47 Å². The molecule has 1 unspecified atom stereocenters. The van der Waals surface area contributed by atoms with E-state index < -0.39 is 0 Å². The minimum absolute atomic E-state index is 0.0354. The van der Waals surface area contributed by atoms with Crippen molar-refractivity contribution in [2.75, 3.05) is 19.8 Å². The van der Waals surface area contributed by atoms with Crippen molar-refractivity contribution in [3.05, 3.63) is 35.4 Å². The van der Waals surface area contributed by atoms with Gasteiger partial charge in [0.15, 0.2) is 23.3 Å². The molecule has 0 radical (unpaired) electrons. The van der Waals surface area contributed by atoms with Crippen LogP contribution < -0.4 is 20.1 Å². The number of hydrogen-bond acceptors (Lipinski definition) is 5. The van der Waals surface area contributed by atoms with Crippen molar-refractivity contribution in [1.29, 1.82) is 0 Å². The van der Waals surface area contributed by atoms with Gasteiger partial charge in [0.2, 0.25) is 0 Å². The molecule has 0 fully saturated rings. The van der Waals surface area contributed by atoms with Gasteiger partial charge in [0, 0.05) is 13.6 Å². The van der Waals surface area contributed by atoms with Crippen molar-refractivity contribution < 1.29 is 9.47 Å². The van der Waals surface area contributed by atoms with E-state index in [0.29, 0.717) is 19.8 Å². The number of aryl methyl sites for hydroxylation is 1. The summed E-state index contributed by atoms with van der Waals surface area (Å²) >= 11 is 0. The summed E-state index contributed by atoms with van der Waals surface area (Å²) in [7, 11) is 1.95. The lowest BCUT2D eigenvalue weighted by Crippen LogP contribution is -2.38. The maximum Gasteiger partial charge on any atom is 0.192 e. The normalized spacial score (nSPS) is 12.5. The summed E-state index contributed by atoms with van der Waals surface area (Å²) < 4.78 is 13.7. The molecule has 0 saturated carbocycles. The van der Waals surface area contributed by atoms with Gasteiger partial charge in [-0.15, -0.1) is 10.2 Å². The molecule has 2 rings (SSSR count). The molecular weight excluding hydrogens is 380 g/mol. The number of nitrogens with zero attached hydrogens (tertiary/aromatic N) is 4. The average molecular weight is 417 g/mol. The Morgan fingerprint density at radius 3 is 2.40 bits per heavy atom. The van der Waals surface area contributed by atoms with Gasteiger partial charge in [0.05, 0.1) is 19.3 Å². The highest BCUT2D eigenvalue weighted by molar-refractivity contribution is 5.80. The zero-order valence-electron chi connectivity index (χ0n) is 19.2. The van der Waals surface area contributed by atoms with Crippen molar-refractivity contribution in [1.82, 2.24) is 25.4 Å². The molecule has 0 aliphatic rings. The number of rotatable bonds is 11. The van der Waals surface area contributed by atoms with Gasteiger partial charge >= 0.3 is 0 Å². The highest BCUT2D eigenvalue weighted by atomic mass is 16.5. The van der Waals surface area contributed by atoms with Crippen LogP contribution in [0.5, 0.6) is 11.5 Å². The SMILES string of the molecule is CCCOc1ccc(C(C)NC(=NCc2nnc(C)n2C)NCC)cc1OCCC. The standard InChI is InChI=1S/C22H36N6O2/c1-7-12-29-19-11-10-18(14-20(19)30-13-8-2)16(4)25-22(23-9-3)24-15-21-27-26-17(5)28(21)6/h10-11,14,16H,7-9,12-13,15H2,1-6H3,(H2,23,24,25). The van der Waals surface area contributed by atoms with Gasteiger partial charge in [-0.25, -0.2) is 4.99 Å². The number of hydrogen-bond donors (Lipinski definition) is 2. The van der Waals surface area contributed by atoms with Gasteiger partial charge in [-0.2, -0.15) is 0 Å². The predicted octanol–water partition coefficient (Wildman–Crippen LogP) is 3.52. The molecule has 8 nitrogen and oxygen atoms in total. The molecule has 2 aromatic rings. The number of benzene rings is 1. The van der Waals surface area contributed by atoms with Crippen LogP contribution in [0.15, 0.2) is 23.2 Å². The van der Waals surface area contributed by atoms with Crippen LogP contribution in [0.25, 0.3) is 0 Å². The Morgan fingerprint density at radius 2 is 1.80 bits per heavy atom. The fourth-order valence-electron chi connectivity index (χ4n) is 2.80. The van der Waals surface area contributed by atoms with Gasteiger partial charge in [0.1, 0.15) is 12.4 Å². The third-order valence-electron chi connectivity index (χ3n) is 4.65. The third-order valence-corrected chi connectivity index (χ3v) is 4.65. The van der Waals surface area contributed by atoms with E-state index in [-0.39, 0.29) is 6.04 Å². The summed E-state index contributed by atoms with van der Waals surface area (Å²) in [6.45, 7) is 12.8. The molecule has 30 heavy (non-hydrogen) atoms. The van der Waals surface area contributed by atoms with Gasteiger partial charge in [-0.1, -0.05) is 19.9 Å². The first-order valence-electron chi connectivity index (χ1n) is 10.8. The molecule has 0 aliphatic carbocycles. The van der Waals surface area contributed by atoms with Crippen molar-refractivity contribution in [3.8, 4) is 11.5 Å². The van der Waals surface area contributed by atoms with E-state index in [0.717, 1.165) is 54.1 Å². The number of aliphatic imine (C=N–C) groups is 1. The van der Waals surface area contributed by atoms with Crippen LogP contribution in [0, 0.1) is 6.92 Å². The summed E-state index contributed by atoms with van der Waals surface area (Å²) in [5.74, 6) is 4.00. The largest absolute Gasteiger partial charge is 0.490 e. The molecule has 0 saturated heterocycles. The van der Waals surface area contributed by atoms with E-state index in [1.807, 2.05) is 37.6 Å². The number of aromatic nitrogens is 3. The number of nitrogens with one attached hydrogen (secondary N) is 2. The summed E-state index contributed by atoms with van der Waals surface area (Å²) in [5, 5.41) is 15.0. The molecule has 2 N–H and O–H groups in total. The maximum atomic E-state index is 5.93. The molecule has 1 aromatic heterocycles. The molecule has 0 spiro atoms. The Labute approximate surface area is 180 Å². The average Bonchev–Trinajstić information content (AvgIpc) is 3.07. The zero-order valence-corrected chi connectivity index (χ0v) is 19.2. The van der Waals surface area contributed by atoms with Crippen molar-refractivity contribution >= 4 is 5.96 Å².